The molecule has 0 heterocycles. The van der Waals surface area contributed by atoms with Gasteiger partial charge in [-0.05, 0) is 71.7 Å². The van der Waals surface area contributed by atoms with E-state index in [4.69, 9.17) is 30.4 Å². The zero-order valence-electron chi connectivity index (χ0n) is 27.0. The van der Waals surface area contributed by atoms with Gasteiger partial charge >= 0.3 is 17.9 Å². The summed E-state index contributed by atoms with van der Waals surface area (Å²) in [5, 5.41) is 22.5. The van der Waals surface area contributed by atoms with Crippen LogP contribution in [0.5, 0.6) is 17.2 Å². The third-order valence-electron chi connectivity index (χ3n) is 5.76. The van der Waals surface area contributed by atoms with E-state index in [1.54, 1.807) is 53.7 Å². The maximum Gasteiger partial charge on any atom is 0.339 e. The molecule has 252 valence electrons. The van der Waals surface area contributed by atoms with Gasteiger partial charge in [0.1, 0.15) is 28.6 Å². The molecule has 0 aliphatic carbocycles. The Morgan fingerprint density at radius 1 is 0.935 bits per heavy atom. The van der Waals surface area contributed by atoms with Crippen molar-refractivity contribution < 1.29 is 48.3 Å². The van der Waals surface area contributed by atoms with Crippen molar-refractivity contribution in [3.05, 3.63) is 47.5 Å². The Bertz CT molecular complexity index is 1420. The smallest absolute Gasteiger partial charge is 0.339 e. The number of ether oxygens (including phenoxy) is 4. The first kappa shape index (κ1) is 37.2. The second-order valence-corrected chi connectivity index (χ2v) is 12.3. The summed E-state index contributed by atoms with van der Waals surface area (Å²) in [5.74, 6) is -3.26. The lowest BCUT2D eigenvalue weighted by Gasteiger charge is -2.25. The molecular weight excluding hydrogens is 600 g/mol. The van der Waals surface area contributed by atoms with Crippen LogP contribution in [0, 0.1) is 0 Å². The number of carboxylic acid groups (broad SMARTS) is 1. The van der Waals surface area contributed by atoms with E-state index in [2.05, 4.69) is 10.3 Å². The van der Waals surface area contributed by atoms with Crippen molar-refractivity contribution >= 4 is 35.5 Å². The van der Waals surface area contributed by atoms with Crippen LogP contribution < -0.4 is 26.3 Å². The minimum atomic E-state index is -1.26. The van der Waals surface area contributed by atoms with Crippen molar-refractivity contribution in [2.24, 2.45) is 16.5 Å². The number of nitrogens with two attached hydrogens (primary N) is 2. The molecule has 1 atom stereocenters. The maximum atomic E-state index is 12.9. The fraction of sp³-hybridized carbons (Fsp3) is 0.469. The number of rotatable bonds is 15. The van der Waals surface area contributed by atoms with E-state index in [0.717, 1.165) is 0 Å². The number of aromatic hydroxyl groups is 1. The van der Waals surface area contributed by atoms with Crippen molar-refractivity contribution in [1.29, 1.82) is 0 Å². The molecule has 0 unspecified atom stereocenters. The molecule has 0 bridgehead atoms. The number of aromatic carboxylic acids is 1. The first-order valence-corrected chi connectivity index (χ1v) is 14.6. The van der Waals surface area contributed by atoms with Crippen LogP contribution in [0.1, 0.15) is 76.7 Å². The molecule has 0 aromatic heterocycles. The Morgan fingerprint density at radius 2 is 1.59 bits per heavy atom. The molecule has 7 N–H and O–H groups in total. The number of hydrogen-bond donors (Lipinski definition) is 5. The third kappa shape index (κ3) is 13.3. The third-order valence-corrected chi connectivity index (χ3v) is 5.76. The summed E-state index contributed by atoms with van der Waals surface area (Å²) in [4.78, 5) is 53.6. The van der Waals surface area contributed by atoms with Crippen molar-refractivity contribution in [3.8, 4) is 17.2 Å². The molecule has 2 rings (SSSR count). The molecule has 0 radical (unpaired) electrons. The van der Waals surface area contributed by atoms with Crippen LogP contribution in [0.25, 0.3) is 0 Å². The minimum Gasteiger partial charge on any atom is -0.504 e. The average molecular weight is 645 g/mol. The summed E-state index contributed by atoms with van der Waals surface area (Å²) in [5.41, 5.74) is 9.94. The van der Waals surface area contributed by atoms with Crippen LogP contribution in [-0.2, 0) is 30.3 Å². The molecule has 0 saturated heterocycles. The van der Waals surface area contributed by atoms with Crippen LogP contribution >= 0.6 is 0 Å². The summed E-state index contributed by atoms with van der Waals surface area (Å²) >= 11 is 0. The van der Waals surface area contributed by atoms with Gasteiger partial charge in [0.15, 0.2) is 17.5 Å². The number of aliphatic imine (C=N–C) groups is 1. The number of carbonyl (C=O) groups is 4. The highest BCUT2D eigenvalue weighted by atomic mass is 16.6. The lowest BCUT2D eigenvalue weighted by molar-refractivity contribution is -0.165. The second kappa shape index (κ2) is 16.3. The molecule has 2 aromatic rings. The summed E-state index contributed by atoms with van der Waals surface area (Å²) < 4.78 is 22.1. The van der Waals surface area contributed by atoms with Crippen LogP contribution in [0.3, 0.4) is 0 Å². The zero-order valence-corrected chi connectivity index (χ0v) is 27.0. The summed E-state index contributed by atoms with van der Waals surface area (Å²) in [6.07, 6.45) is -0.0607. The molecule has 46 heavy (non-hydrogen) atoms. The predicted molar refractivity (Wildman–Crippen MR) is 169 cm³/mol. The zero-order chi connectivity index (χ0) is 34.7. The molecule has 1 amide bonds. The lowest BCUT2D eigenvalue weighted by Crippen LogP contribution is -2.46. The highest BCUT2D eigenvalue weighted by molar-refractivity contribution is 5.92. The first-order chi connectivity index (χ1) is 21.3. The van der Waals surface area contributed by atoms with E-state index in [1.165, 1.54) is 24.3 Å². The van der Waals surface area contributed by atoms with Crippen molar-refractivity contribution in [3.63, 3.8) is 0 Å². The number of guanidine groups is 1. The quantitative estimate of drug-likeness (QED) is 0.0815. The Hall–Kier alpha value is -5.01. The van der Waals surface area contributed by atoms with E-state index in [0.29, 0.717) is 17.7 Å². The van der Waals surface area contributed by atoms with Gasteiger partial charge in [-0.25, -0.2) is 14.6 Å². The van der Waals surface area contributed by atoms with E-state index < -0.39 is 47.5 Å². The van der Waals surface area contributed by atoms with Gasteiger partial charge in [0.05, 0.1) is 25.3 Å². The fourth-order valence-electron chi connectivity index (χ4n) is 4.01. The molecular formula is C32H44N4O10. The Labute approximate surface area is 268 Å². The molecule has 0 saturated carbocycles. The van der Waals surface area contributed by atoms with E-state index in [9.17, 15) is 29.4 Å². The lowest BCUT2D eigenvalue weighted by atomic mass is 10.1. The summed E-state index contributed by atoms with van der Waals surface area (Å²) in [6, 6.07) is 7.62. The molecule has 2 aromatic carbocycles. The van der Waals surface area contributed by atoms with Gasteiger partial charge in [-0.1, -0.05) is 12.1 Å². The highest BCUT2D eigenvalue weighted by Crippen LogP contribution is 2.31. The summed E-state index contributed by atoms with van der Waals surface area (Å²) in [6.45, 7) is 10.3. The number of carbonyl (C=O) groups excluding carboxylic acids is 3. The SMILES string of the molecule is CC(C)(C)OC(=O)C[C@H](NC(=O)CCc1cccc(O)c1OCCCOc1cc(N=C(N)N)ccc1C(=O)O)C(=O)OC(C)(C)C. The van der Waals surface area contributed by atoms with Crippen LogP contribution in [0.4, 0.5) is 5.69 Å². The molecule has 0 aliphatic rings. The Morgan fingerprint density at radius 3 is 2.20 bits per heavy atom. The van der Waals surface area contributed by atoms with Crippen molar-refractivity contribution in [2.75, 3.05) is 13.2 Å². The Kier molecular flexibility index (Phi) is 13.2. The Balaban J connectivity index is 2.02. The van der Waals surface area contributed by atoms with Crippen LogP contribution in [0.2, 0.25) is 0 Å². The largest absolute Gasteiger partial charge is 0.504 e. The monoisotopic (exact) mass is 644 g/mol. The van der Waals surface area contributed by atoms with Crippen LogP contribution in [0.15, 0.2) is 41.4 Å². The van der Waals surface area contributed by atoms with Crippen LogP contribution in [-0.4, -0.2) is 70.4 Å². The van der Waals surface area contributed by atoms with Gasteiger partial charge in [0.2, 0.25) is 5.91 Å². The van der Waals surface area contributed by atoms with Gasteiger partial charge in [0, 0.05) is 18.9 Å². The number of phenolic OH excluding ortho intramolecular Hbond substituents is 1. The molecule has 14 heteroatoms. The van der Waals surface area contributed by atoms with Gasteiger partial charge in [0.25, 0.3) is 0 Å². The number of nitrogens with zero attached hydrogens (tertiary/aromatic N) is 1. The van der Waals surface area contributed by atoms with Crippen molar-refractivity contribution in [2.45, 2.75) is 84.5 Å². The van der Waals surface area contributed by atoms with Gasteiger partial charge in [-0.15, -0.1) is 0 Å². The summed E-state index contributed by atoms with van der Waals surface area (Å²) in [7, 11) is 0. The average Bonchev–Trinajstić information content (AvgIpc) is 2.90. The number of amides is 1. The fourth-order valence-corrected chi connectivity index (χ4v) is 4.01. The minimum absolute atomic E-state index is 0.0700. The molecule has 0 aliphatic heterocycles. The maximum absolute atomic E-state index is 12.9. The highest BCUT2D eigenvalue weighted by Gasteiger charge is 2.31. The van der Waals surface area contributed by atoms with E-state index in [-0.39, 0.29) is 54.8 Å². The molecule has 0 spiro atoms. The van der Waals surface area contributed by atoms with Gasteiger partial charge in [-0.2, -0.15) is 0 Å². The molecule has 14 nitrogen and oxygen atoms in total. The number of esters is 2. The predicted octanol–water partition coefficient (Wildman–Crippen LogP) is 3.33. The normalized spacial score (nSPS) is 12.0. The van der Waals surface area contributed by atoms with E-state index in [1.807, 2.05) is 0 Å². The second-order valence-electron chi connectivity index (χ2n) is 12.3. The van der Waals surface area contributed by atoms with E-state index >= 15 is 0 Å². The number of benzene rings is 2. The van der Waals surface area contributed by atoms with Gasteiger partial charge in [-0.3, -0.25) is 9.59 Å². The first-order valence-electron chi connectivity index (χ1n) is 14.6. The number of para-hydroxylation sites is 1. The number of phenols is 1. The number of aryl methyl sites for hydroxylation is 1. The van der Waals surface area contributed by atoms with Gasteiger partial charge < -0.3 is 45.9 Å². The molecule has 0 fully saturated rings. The number of hydrogen-bond acceptors (Lipinski definition) is 10. The van der Waals surface area contributed by atoms with Crippen molar-refractivity contribution in [1.82, 2.24) is 5.32 Å². The topological polar surface area (TPSA) is 222 Å². The standard InChI is InChI=1S/C32H44N4O10/c1-31(2,3)45-26(39)18-22(29(42)46-32(4,5)6)36-25(38)14-11-19-9-7-10-23(37)27(19)44-16-8-15-43-24-17-20(35-30(33)34)12-13-21(24)28(40)41/h7,9-10,12-13,17,22,37H,8,11,14-16,18H2,1-6H3,(H,36,38)(H,40,41)(H4,33,34,35)/t22-/m0/s1. The number of carboxylic acids is 1. The number of nitrogens with one attached hydrogen (secondary N) is 1.